The number of hydrogen-bond donors (Lipinski definition) is 2. The highest BCUT2D eigenvalue weighted by molar-refractivity contribution is 4.93. The minimum absolute atomic E-state index is 0.119. The Kier molecular flexibility index (Phi) is 4.56. The van der Waals surface area contributed by atoms with E-state index >= 15 is 0 Å². The fraction of sp³-hybridized carbons (Fsp3) is 0.917. The van der Waals surface area contributed by atoms with Gasteiger partial charge in [0, 0.05) is 6.54 Å². The molecule has 0 heterocycles. The second kappa shape index (κ2) is 5.48. The molecule has 3 heteroatoms. The number of aliphatic hydroxyl groups is 1. The van der Waals surface area contributed by atoms with Crippen LogP contribution < -0.4 is 5.32 Å². The zero-order chi connectivity index (χ0) is 11.3. The van der Waals surface area contributed by atoms with Crippen molar-refractivity contribution in [2.24, 2.45) is 5.92 Å². The van der Waals surface area contributed by atoms with Crippen LogP contribution in [0.2, 0.25) is 0 Å². The lowest BCUT2D eigenvalue weighted by Crippen LogP contribution is -2.46. The molecule has 1 rings (SSSR count). The third-order valence-corrected chi connectivity index (χ3v) is 3.31. The van der Waals surface area contributed by atoms with E-state index in [2.05, 4.69) is 18.3 Å². The van der Waals surface area contributed by atoms with Gasteiger partial charge in [-0.1, -0.05) is 26.7 Å². The lowest BCUT2D eigenvalue weighted by Gasteiger charge is -2.36. The van der Waals surface area contributed by atoms with Crippen molar-refractivity contribution in [1.82, 2.24) is 5.32 Å². The second-order valence-corrected chi connectivity index (χ2v) is 4.90. The third kappa shape index (κ3) is 3.81. The number of hydrogen-bond acceptors (Lipinski definition) is 3. The maximum Gasteiger partial charge on any atom is 0.0951 e. The summed E-state index contributed by atoms with van der Waals surface area (Å²) in [5.41, 5.74) is -0.581. The highest BCUT2D eigenvalue weighted by atomic mass is 16.3. The molecule has 0 saturated heterocycles. The summed E-state index contributed by atoms with van der Waals surface area (Å²) in [6, 6.07) is 2.08. The molecular weight excluding hydrogens is 188 g/mol. The van der Waals surface area contributed by atoms with Crippen LogP contribution in [-0.2, 0) is 0 Å². The van der Waals surface area contributed by atoms with E-state index in [-0.39, 0.29) is 6.04 Å². The minimum Gasteiger partial charge on any atom is -0.389 e. The predicted octanol–water partition coefficient (Wildman–Crippen LogP) is 1.82. The minimum atomic E-state index is -0.581. The summed E-state index contributed by atoms with van der Waals surface area (Å²) in [5, 5.41) is 22.2. The Labute approximate surface area is 92.5 Å². The van der Waals surface area contributed by atoms with Crippen LogP contribution in [0, 0.1) is 17.2 Å². The zero-order valence-corrected chi connectivity index (χ0v) is 9.79. The molecular formula is C12H22N2O. The van der Waals surface area contributed by atoms with Gasteiger partial charge in [0.2, 0.25) is 0 Å². The maximum atomic E-state index is 10.3. The summed E-state index contributed by atoms with van der Waals surface area (Å²) >= 11 is 0. The quantitative estimate of drug-likeness (QED) is 0.744. The zero-order valence-electron chi connectivity index (χ0n) is 9.79. The molecule has 0 aliphatic heterocycles. The summed E-state index contributed by atoms with van der Waals surface area (Å²) in [6.07, 6.45) is 4.84. The standard InChI is InChI=1S/C12H22N2O/c1-3-11(8-13)14-9-12(15)6-4-5-10(2)7-12/h10-11,14-15H,3-7,9H2,1-2H3. The van der Waals surface area contributed by atoms with Crippen LogP contribution in [0.5, 0.6) is 0 Å². The van der Waals surface area contributed by atoms with Gasteiger partial charge in [-0.2, -0.15) is 5.26 Å². The van der Waals surface area contributed by atoms with Gasteiger partial charge in [-0.05, 0) is 25.2 Å². The molecule has 0 radical (unpaired) electrons. The first-order valence-corrected chi connectivity index (χ1v) is 5.95. The van der Waals surface area contributed by atoms with Crippen molar-refractivity contribution in [3.05, 3.63) is 0 Å². The fourth-order valence-corrected chi connectivity index (χ4v) is 2.39. The first-order valence-electron chi connectivity index (χ1n) is 5.95. The van der Waals surface area contributed by atoms with E-state index in [0.717, 1.165) is 25.7 Å². The highest BCUT2D eigenvalue weighted by Gasteiger charge is 2.32. The summed E-state index contributed by atoms with van der Waals surface area (Å²) < 4.78 is 0. The molecule has 0 aromatic carbocycles. The van der Waals surface area contributed by atoms with Crippen LogP contribution in [0.1, 0.15) is 46.0 Å². The van der Waals surface area contributed by atoms with Gasteiger partial charge in [0.05, 0.1) is 17.7 Å². The van der Waals surface area contributed by atoms with Crippen LogP contribution in [0.3, 0.4) is 0 Å². The van der Waals surface area contributed by atoms with E-state index < -0.39 is 5.60 Å². The Hall–Kier alpha value is -0.590. The van der Waals surface area contributed by atoms with Gasteiger partial charge < -0.3 is 5.11 Å². The Morgan fingerprint density at radius 1 is 1.67 bits per heavy atom. The predicted molar refractivity (Wildman–Crippen MR) is 60.3 cm³/mol. The first-order chi connectivity index (χ1) is 7.09. The average Bonchev–Trinajstić information content (AvgIpc) is 2.19. The van der Waals surface area contributed by atoms with Crippen molar-refractivity contribution < 1.29 is 5.11 Å². The molecule has 2 N–H and O–H groups in total. The van der Waals surface area contributed by atoms with Gasteiger partial charge >= 0.3 is 0 Å². The molecule has 86 valence electrons. The van der Waals surface area contributed by atoms with Gasteiger partial charge in [0.25, 0.3) is 0 Å². The number of nitrogens with zero attached hydrogens (tertiary/aromatic N) is 1. The van der Waals surface area contributed by atoms with E-state index in [0.29, 0.717) is 12.5 Å². The van der Waals surface area contributed by atoms with E-state index in [4.69, 9.17) is 5.26 Å². The summed E-state index contributed by atoms with van der Waals surface area (Å²) in [7, 11) is 0. The van der Waals surface area contributed by atoms with Crippen molar-refractivity contribution in [1.29, 1.82) is 5.26 Å². The maximum absolute atomic E-state index is 10.3. The Balaban J connectivity index is 2.39. The van der Waals surface area contributed by atoms with Gasteiger partial charge in [-0.25, -0.2) is 0 Å². The van der Waals surface area contributed by atoms with Gasteiger partial charge in [-0.15, -0.1) is 0 Å². The van der Waals surface area contributed by atoms with Crippen molar-refractivity contribution in [2.75, 3.05) is 6.54 Å². The molecule has 0 amide bonds. The summed E-state index contributed by atoms with van der Waals surface area (Å²) in [5.74, 6) is 0.604. The van der Waals surface area contributed by atoms with E-state index in [1.165, 1.54) is 6.42 Å². The van der Waals surface area contributed by atoms with Crippen LogP contribution >= 0.6 is 0 Å². The summed E-state index contributed by atoms with van der Waals surface area (Å²) in [4.78, 5) is 0. The number of nitrogens with one attached hydrogen (secondary N) is 1. The monoisotopic (exact) mass is 210 g/mol. The van der Waals surface area contributed by atoms with Crippen LogP contribution in [0.4, 0.5) is 0 Å². The Morgan fingerprint density at radius 3 is 2.93 bits per heavy atom. The molecule has 3 unspecified atom stereocenters. The largest absolute Gasteiger partial charge is 0.389 e. The number of nitriles is 1. The van der Waals surface area contributed by atoms with Crippen LogP contribution in [-0.4, -0.2) is 23.3 Å². The van der Waals surface area contributed by atoms with Crippen molar-refractivity contribution in [2.45, 2.75) is 57.6 Å². The Morgan fingerprint density at radius 2 is 2.40 bits per heavy atom. The van der Waals surface area contributed by atoms with Gasteiger partial charge in [0.1, 0.15) is 0 Å². The second-order valence-electron chi connectivity index (χ2n) is 4.90. The first kappa shape index (κ1) is 12.5. The fourth-order valence-electron chi connectivity index (χ4n) is 2.39. The Bertz CT molecular complexity index is 236. The topological polar surface area (TPSA) is 56.0 Å². The highest BCUT2D eigenvalue weighted by Crippen LogP contribution is 2.31. The van der Waals surface area contributed by atoms with E-state index in [1.807, 2.05) is 6.92 Å². The molecule has 0 aromatic heterocycles. The molecule has 0 aromatic rings. The van der Waals surface area contributed by atoms with Gasteiger partial charge in [0.15, 0.2) is 0 Å². The number of rotatable bonds is 4. The molecule has 1 saturated carbocycles. The van der Waals surface area contributed by atoms with Crippen molar-refractivity contribution >= 4 is 0 Å². The van der Waals surface area contributed by atoms with Gasteiger partial charge in [-0.3, -0.25) is 5.32 Å². The molecule has 1 fully saturated rings. The molecule has 3 nitrogen and oxygen atoms in total. The lowest BCUT2D eigenvalue weighted by molar-refractivity contribution is -0.0127. The smallest absolute Gasteiger partial charge is 0.0951 e. The summed E-state index contributed by atoms with van der Waals surface area (Å²) in [6.45, 7) is 4.73. The average molecular weight is 210 g/mol. The molecule has 1 aliphatic carbocycles. The SMILES string of the molecule is CCC(C#N)NCC1(O)CCCC(C)C1. The van der Waals surface area contributed by atoms with Crippen molar-refractivity contribution in [3.8, 4) is 6.07 Å². The normalized spacial score (nSPS) is 33.3. The molecule has 1 aliphatic rings. The van der Waals surface area contributed by atoms with Crippen LogP contribution in [0.15, 0.2) is 0 Å². The third-order valence-electron chi connectivity index (χ3n) is 3.31. The lowest BCUT2D eigenvalue weighted by atomic mass is 9.79. The van der Waals surface area contributed by atoms with Crippen molar-refractivity contribution in [3.63, 3.8) is 0 Å². The van der Waals surface area contributed by atoms with E-state index in [1.54, 1.807) is 0 Å². The molecule has 3 atom stereocenters. The molecule has 0 spiro atoms. The van der Waals surface area contributed by atoms with E-state index in [9.17, 15) is 5.11 Å². The van der Waals surface area contributed by atoms with Crippen LogP contribution in [0.25, 0.3) is 0 Å². The molecule has 0 bridgehead atoms. The molecule has 15 heavy (non-hydrogen) atoms.